The smallest absolute Gasteiger partial charge is 0.122 e. The standard InChI is InChI=1S/C14H18N2O/c1-11-4-5-12(2)14(10-11)17-9-8-16-7-6-15-13(16)3/h4-7,10H,8-9H2,1-3H3. The maximum absolute atomic E-state index is 5.80. The molecule has 0 aliphatic rings. The van der Waals surface area contributed by atoms with Crippen LogP contribution in [0, 0.1) is 20.8 Å². The van der Waals surface area contributed by atoms with E-state index >= 15 is 0 Å². The minimum absolute atomic E-state index is 0.668. The van der Waals surface area contributed by atoms with Gasteiger partial charge in [0.15, 0.2) is 0 Å². The van der Waals surface area contributed by atoms with Gasteiger partial charge < -0.3 is 9.30 Å². The van der Waals surface area contributed by atoms with E-state index < -0.39 is 0 Å². The van der Waals surface area contributed by atoms with Crippen molar-refractivity contribution in [3.05, 3.63) is 47.5 Å². The molecule has 3 heteroatoms. The molecule has 0 bridgehead atoms. The zero-order valence-electron chi connectivity index (χ0n) is 10.6. The van der Waals surface area contributed by atoms with Gasteiger partial charge >= 0.3 is 0 Å². The van der Waals surface area contributed by atoms with Gasteiger partial charge in [0, 0.05) is 12.4 Å². The van der Waals surface area contributed by atoms with Crippen molar-refractivity contribution in [2.75, 3.05) is 6.61 Å². The molecule has 0 N–H and O–H groups in total. The lowest BCUT2D eigenvalue weighted by atomic mass is 10.1. The SMILES string of the molecule is Cc1ccc(C)c(OCCn2ccnc2C)c1. The van der Waals surface area contributed by atoms with Crippen LogP contribution < -0.4 is 4.74 Å². The monoisotopic (exact) mass is 230 g/mol. The number of ether oxygens (including phenoxy) is 1. The van der Waals surface area contributed by atoms with Gasteiger partial charge in [-0.15, -0.1) is 0 Å². The Bertz CT molecular complexity index is 503. The van der Waals surface area contributed by atoms with Gasteiger partial charge in [0.25, 0.3) is 0 Å². The van der Waals surface area contributed by atoms with Gasteiger partial charge in [0.2, 0.25) is 0 Å². The Labute approximate surface area is 102 Å². The summed E-state index contributed by atoms with van der Waals surface area (Å²) in [6.07, 6.45) is 3.79. The third-order valence-electron chi connectivity index (χ3n) is 2.86. The zero-order valence-corrected chi connectivity index (χ0v) is 10.6. The van der Waals surface area contributed by atoms with Crippen LogP contribution in [-0.4, -0.2) is 16.2 Å². The van der Waals surface area contributed by atoms with Crippen LogP contribution in [-0.2, 0) is 6.54 Å². The summed E-state index contributed by atoms with van der Waals surface area (Å²) in [5.74, 6) is 2.00. The van der Waals surface area contributed by atoms with Gasteiger partial charge in [0.05, 0.1) is 6.54 Å². The number of benzene rings is 1. The van der Waals surface area contributed by atoms with Gasteiger partial charge in [0.1, 0.15) is 18.2 Å². The lowest BCUT2D eigenvalue weighted by Crippen LogP contribution is -2.09. The first-order valence-corrected chi connectivity index (χ1v) is 5.84. The van der Waals surface area contributed by atoms with E-state index in [1.165, 1.54) is 11.1 Å². The average molecular weight is 230 g/mol. The molecule has 1 heterocycles. The normalized spacial score (nSPS) is 10.5. The Balaban J connectivity index is 1.94. The molecule has 1 aromatic heterocycles. The summed E-state index contributed by atoms with van der Waals surface area (Å²) in [5.41, 5.74) is 2.40. The molecule has 0 fully saturated rings. The minimum Gasteiger partial charge on any atom is -0.491 e. The first kappa shape index (κ1) is 11.7. The number of hydrogen-bond donors (Lipinski definition) is 0. The summed E-state index contributed by atoms with van der Waals surface area (Å²) in [5, 5.41) is 0. The summed E-state index contributed by atoms with van der Waals surface area (Å²) < 4.78 is 7.89. The molecule has 0 saturated heterocycles. The number of hydrogen-bond acceptors (Lipinski definition) is 2. The average Bonchev–Trinajstić information content (AvgIpc) is 2.70. The molecule has 2 aromatic rings. The van der Waals surface area contributed by atoms with Crippen LogP contribution in [0.25, 0.3) is 0 Å². The highest BCUT2D eigenvalue weighted by molar-refractivity contribution is 5.35. The van der Waals surface area contributed by atoms with Crippen molar-refractivity contribution in [3.63, 3.8) is 0 Å². The van der Waals surface area contributed by atoms with Crippen LogP contribution in [0.3, 0.4) is 0 Å². The van der Waals surface area contributed by atoms with Crippen LogP contribution in [0.2, 0.25) is 0 Å². The number of imidazole rings is 1. The molecule has 3 nitrogen and oxygen atoms in total. The molecule has 17 heavy (non-hydrogen) atoms. The van der Waals surface area contributed by atoms with Crippen LogP contribution in [0.1, 0.15) is 17.0 Å². The van der Waals surface area contributed by atoms with Crippen LogP contribution in [0.5, 0.6) is 5.75 Å². The van der Waals surface area contributed by atoms with E-state index in [2.05, 4.69) is 41.6 Å². The Hall–Kier alpha value is -1.77. The van der Waals surface area contributed by atoms with Crippen LogP contribution >= 0.6 is 0 Å². The topological polar surface area (TPSA) is 27.1 Å². The second kappa shape index (κ2) is 5.04. The number of aromatic nitrogens is 2. The van der Waals surface area contributed by atoms with E-state index in [9.17, 15) is 0 Å². The largest absolute Gasteiger partial charge is 0.491 e. The van der Waals surface area contributed by atoms with Crippen molar-refractivity contribution in [2.24, 2.45) is 0 Å². The van der Waals surface area contributed by atoms with Crippen LogP contribution in [0.4, 0.5) is 0 Å². The fourth-order valence-corrected chi connectivity index (χ4v) is 1.76. The van der Waals surface area contributed by atoms with Gasteiger partial charge in [-0.05, 0) is 38.0 Å². The van der Waals surface area contributed by atoms with E-state index in [0.29, 0.717) is 6.61 Å². The molecule has 90 valence electrons. The predicted molar refractivity (Wildman–Crippen MR) is 68.4 cm³/mol. The van der Waals surface area contributed by atoms with Crippen molar-refractivity contribution in [2.45, 2.75) is 27.3 Å². The van der Waals surface area contributed by atoms with E-state index in [0.717, 1.165) is 18.1 Å². The van der Waals surface area contributed by atoms with Gasteiger partial charge in [-0.1, -0.05) is 12.1 Å². The summed E-state index contributed by atoms with van der Waals surface area (Å²) in [6, 6.07) is 6.27. The van der Waals surface area contributed by atoms with Gasteiger partial charge in [-0.25, -0.2) is 4.98 Å². The first-order chi connectivity index (χ1) is 8.16. The maximum atomic E-state index is 5.80. The molecule has 0 radical (unpaired) electrons. The third kappa shape index (κ3) is 2.87. The highest BCUT2D eigenvalue weighted by atomic mass is 16.5. The summed E-state index contributed by atoms with van der Waals surface area (Å²) in [4.78, 5) is 4.18. The molecule has 0 saturated carbocycles. The Morgan fingerprint density at radius 2 is 2.06 bits per heavy atom. The molecule has 0 aliphatic carbocycles. The molecule has 0 atom stereocenters. The maximum Gasteiger partial charge on any atom is 0.122 e. The Morgan fingerprint density at radius 3 is 2.76 bits per heavy atom. The molecule has 0 spiro atoms. The third-order valence-corrected chi connectivity index (χ3v) is 2.86. The molecular formula is C14H18N2O. The molecule has 2 rings (SSSR count). The number of rotatable bonds is 4. The van der Waals surface area contributed by atoms with Gasteiger partial charge in [-0.2, -0.15) is 0 Å². The summed E-state index contributed by atoms with van der Waals surface area (Å²) in [7, 11) is 0. The molecule has 0 unspecified atom stereocenters. The summed E-state index contributed by atoms with van der Waals surface area (Å²) >= 11 is 0. The van der Waals surface area contributed by atoms with E-state index in [1.807, 2.05) is 19.3 Å². The van der Waals surface area contributed by atoms with E-state index in [1.54, 1.807) is 0 Å². The summed E-state index contributed by atoms with van der Waals surface area (Å²) in [6.45, 7) is 7.64. The van der Waals surface area contributed by atoms with Crippen molar-refractivity contribution in [1.82, 2.24) is 9.55 Å². The van der Waals surface area contributed by atoms with Crippen LogP contribution in [0.15, 0.2) is 30.6 Å². The fraction of sp³-hybridized carbons (Fsp3) is 0.357. The lowest BCUT2D eigenvalue weighted by molar-refractivity contribution is 0.295. The molecule has 0 aliphatic heterocycles. The molecule has 0 amide bonds. The fourth-order valence-electron chi connectivity index (χ4n) is 1.76. The lowest BCUT2D eigenvalue weighted by Gasteiger charge is -2.11. The van der Waals surface area contributed by atoms with Crippen molar-refractivity contribution in [3.8, 4) is 5.75 Å². The van der Waals surface area contributed by atoms with Crippen molar-refractivity contribution >= 4 is 0 Å². The number of aryl methyl sites for hydroxylation is 3. The van der Waals surface area contributed by atoms with Gasteiger partial charge in [-0.3, -0.25) is 0 Å². The second-order valence-electron chi connectivity index (χ2n) is 4.29. The Kier molecular flexibility index (Phi) is 3.47. The predicted octanol–water partition coefficient (Wildman–Crippen LogP) is 2.89. The highest BCUT2D eigenvalue weighted by Gasteiger charge is 2.01. The number of nitrogens with zero attached hydrogens (tertiary/aromatic N) is 2. The van der Waals surface area contributed by atoms with Crippen molar-refractivity contribution < 1.29 is 4.74 Å². The zero-order chi connectivity index (χ0) is 12.3. The van der Waals surface area contributed by atoms with E-state index in [4.69, 9.17) is 4.74 Å². The first-order valence-electron chi connectivity index (χ1n) is 5.84. The minimum atomic E-state index is 0.668. The highest BCUT2D eigenvalue weighted by Crippen LogP contribution is 2.18. The Morgan fingerprint density at radius 1 is 1.24 bits per heavy atom. The quantitative estimate of drug-likeness (QED) is 0.807. The molecular weight excluding hydrogens is 212 g/mol. The molecule has 1 aromatic carbocycles. The second-order valence-corrected chi connectivity index (χ2v) is 4.29. The van der Waals surface area contributed by atoms with Crippen molar-refractivity contribution in [1.29, 1.82) is 0 Å². The van der Waals surface area contributed by atoms with E-state index in [-0.39, 0.29) is 0 Å².